The van der Waals surface area contributed by atoms with Gasteiger partial charge in [0.05, 0.1) is 0 Å². The fourth-order valence-electron chi connectivity index (χ4n) is 3.66. The highest BCUT2D eigenvalue weighted by molar-refractivity contribution is 5.66. The molecule has 1 N–H and O–H groups in total. The topological polar surface area (TPSA) is 32.3 Å². The van der Waals surface area contributed by atoms with Gasteiger partial charge in [0, 0.05) is 31.2 Å². The molecular formula is C22H27FN2O. The quantitative estimate of drug-likeness (QED) is 0.751. The molecule has 26 heavy (non-hydrogen) atoms. The van der Waals surface area contributed by atoms with E-state index in [1.807, 2.05) is 31.3 Å². The van der Waals surface area contributed by atoms with Gasteiger partial charge in [-0.15, -0.1) is 0 Å². The Balaban J connectivity index is 1.73. The van der Waals surface area contributed by atoms with Crippen molar-refractivity contribution in [1.82, 2.24) is 10.2 Å². The van der Waals surface area contributed by atoms with Crippen molar-refractivity contribution in [3.8, 4) is 11.1 Å². The molecule has 0 aliphatic carbocycles. The minimum Gasteiger partial charge on any atom is -0.348 e. The smallest absolute Gasteiger partial charge is 0.209 e. The Morgan fingerprint density at radius 3 is 2.85 bits per heavy atom. The summed E-state index contributed by atoms with van der Waals surface area (Å²) in [7, 11) is 1.81. The van der Waals surface area contributed by atoms with Crippen LogP contribution in [0.2, 0.25) is 0 Å². The number of aryl methyl sites for hydroxylation is 1. The molecule has 4 heteroatoms. The number of hydrogen-bond acceptors (Lipinski definition) is 2. The Bertz CT molecular complexity index is 762. The van der Waals surface area contributed by atoms with Crippen molar-refractivity contribution in [2.75, 3.05) is 13.6 Å². The number of carbonyl (C=O) groups excluding carboxylic acids is 1. The average Bonchev–Trinajstić information content (AvgIpc) is 3.15. The summed E-state index contributed by atoms with van der Waals surface area (Å²) < 4.78 is 14.3. The van der Waals surface area contributed by atoms with Crippen LogP contribution in [-0.4, -0.2) is 30.9 Å². The third-order valence-corrected chi connectivity index (χ3v) is 5.29. The maximum absolute atomic E-state index is 14.3. The summed E-state index contributed by atoms with van der Waals surface area (Å²) >= 11 is 0. The van der Waals surface area contributed by atoms with Crippen LogP contribution in [0.25, 0.3) is 11.1 Å². The molecule has 1 heterocycles. The second-order valence-electron chi connectivity index (χ2n) is 7.16. The normalized spacial score (nSPS) is 19.5. The molecule has 2 aromatic carbocycles. The van der Waals surface area contributed by atoms with Crippen LogP contribution in [0.3, 0.4) is 0 Å². The van der Waals surface area contributed by atoms with Crippen molar-refractivity contribution in [3.05, 3.63) is 59.4 Å². The number of amides is 1. The number of benzene rings is 2. The second-order valence-corrected chi connectivity index (χ2v) is 7.16. The third-order valence-electron chi connectivity index (χ3n) is 5.29. The van der Waals surface area contributed by atoms with Crippen LogP contribution in [0.1, 0.15) is 43.4 Å². The molecule has 1 aliphatic heterocycles. The lowest BCUT2D eigenvalue weighted by atomic mass is 9.97. The number of carbonyl (C=O) groups is 1. The molecule has 2 unspecified atom stereocenters. The first-order valence-electron chi connectivity index (χ1n) is 9.41. The summed E-state index contributed by atoms with van der Waals surface area (Å²) in [5.41, 5.74) is 3.95. The molecule has 1 saturated heterocycles. The zero-order valence-electron chi connectivity index (χ0n) is 15.5. The van der Waals surface area contributed by atoms with Gasteiger partial charge in [0.1, 0.15) is 5.82 Å². The van der Waals surface area contributed by atoms with E-state index in [-0.39, 0.29) is 5.82 Å². The Kier molecular flexibility index (Phi) is 6.04. The van der Waals surface area contributed by atoms with Crippen LogP contribution < -0.4 is 5.32 Å². The van der Waals surface area contributed by atoms with Crippen LogP contribution in [-0.2, 0) is 11.2 Å². The molecule has 1 aliphatic rings. The Morgan fingerprint density at radius 2 is 2.08 bits per heavy atom. The van der Waals surface area contributed by atoms with Crippen molar-refractivity contribution < 1.29 is 9.18 Å². The molecule has 0 radical (unpaired) electrons. The Morgan fingerprint density at radius 1 is 1.23 bits per heavy atom. The van der Waals surface area contributed by atoms with Crippen LogP contribution in [0.5, 0.6) is 0 Å². The number of rotatable bonds is 7. The minimum atomic E-state index is -0.173. The molecular weight excluding hydrogens is 327 g/mol. The van der Waals surface area contributed by atoms with E-state index >= 15 is 0 Å². The maximum atomic E-state index is 14.3. The lowest BCUT2D eigenvalue weighted by molar-refractivity contribution is -0.117. The second kappa shape index (κ2) is 8.45. The van der Waals surface area contributed by atoms with Gasteiger partial charge in [-0.3, -0.25) is 4.79 Å². The van der Waals surface area contributed by atoms with E-state index in [9.17, 15) is 9.18 Å². The fraction of sp³-hybridized carbons (Fsp3) is 0.409. The van der Waals surface area contributed by atoms with Gasteiger partial charge in [-0.1, -0.05) is 31.2 Å². The molecule has 1 amide bonds. The van der Waals surface area contributed by atoms with Crippen molar-refractivity contribution in [3.63, 3.8) is 0 Å². The summed E-state index contributed by atoms with van der Waals surface area (Å²) in [5.74, 6) is -0.173. The Hall–Kier alpha value is -2.20. The highest BCUT2D eigenvalue weighted by atomic mass is 19.1. The van der Waals surface area contributed by atoms with Crippen molar-refractivity contribution >= 4 is 6.41 Å². The van der Waals surface area contributed by atoms with Gasteiger partial charge in [-0.2, -0.15) is 0 Å². The molecule has 0 saturated carbocycles. The fourth-order valence-corrected chi connectivity index (χ4v) is 3.66. The van der Waals surface area contributed by atoms with Crippen LogP contribution in [0, 0.1) is 5.82 Å². The largest absolute Gasteiger partial charge is 0.348 e. The number of nitrogens with one attached hydrogen (secondary N) is 1. The van der Waals surface area contributed by atoms with Gasteiger partial charge in [-0.25, -0.2) is 4.39 Å². The van der Waals surface area contributed by atoms with Gasteiger partial charge < -0.3 is 10.2 Å². The average molecular weight is 354 g/mol. The molecule has 3 nitrogen and oxygen atoms in total. The van der Waals surface area contributed by atoms with E-state index in [0.29, 0.717) is 17.6 Å². The SMILES string of the molecule is CCc1ccc(F)c(-c2cccc(C3CCC(CCN(C)C=O)N3)c2)c1. The first-order chi connectivity index (χ1) is 12.6. The van der Waals surface area contributed by atoms with Gasteiger partial charge in [0.15, 0.2) is 0 Å². The molecule has 3 rings (SSSR count). The first-order valence-corrected chi connectivity index (χ1v) is 9.41. The van der Waals surface area contributed by atoms with E-state index in [2.05, 4.69) is 24.4 Å². The summed E-state index contributed by atoms with van der Waals surface area (Å²) in [6, 6.07) is 14.3. The number of hydrogen-bond donors (Lipinski definition) is 1. The van der Waals surface area contributed by atoms with E-state index in [0.717, 1.165) is 49.8 Å². The zero-order valence-corrected chi connectivity index (χ0v) is 15.5. The predicted octanol–water partition coefficient (Wildman–Crippen LogP) is 4.33. The van der Waals surface area contributed by atoms with Gasteiger partial charge in [-0.05, 0) is 60.6 Å². The van der Waals surface area contributed by atoms with Crippen molar-refractivity contribution in [2.24, 2.45) is 0 Å². The van der Waals surface area contributed by atoms with Gasteiger partial charge in [0.2, 0.25) is 6.41 Å². The summed E-state index contributed by atoms with van der Waals surface area (Å²) in [4.78, 5) is 12.4. The molecule has 2 atom stereocenters. The monoisotopic (exact) mass is 354 g/mol. The lowest BCUT2D eigenvalue weighted by Crippen LogP contribution is -2.29. The van der Waals surface area contributed by atoms with Gasteiger partial charge in [0.25, 0.3) is 0 Å². The number of nitrogens with zero attached hydrogens (tertiary/aromatic N) is 1. The van der Waals surface area contributed by atoms with Gasteiger partial charge >= 0.3 is 0 Å². The molecule has 2 aromatic rings. The van der Waals surface area contributed by atoms with E-state index < -0.39 is 0 Å². The maximum Gasteiger partial charge on any atom is 0.209 e. The third kappa shape index (κ3) is 4.31. The highest BCUT2D eigenvalue weighted by Gasteiger charge is 2.25. The first kappa shape index (κ1) is 18.6. The molecule has 1 fully saturated rings. The van der Waals surface area contributed by atoms with Crippen LogP contribution in [0.15, 0.2) is 42.5 Å². The van der Waals surface area contributed by atoms with E-state index in [1.165, 1.54) is 5.56 Å². The van der Waals surface area contributed by atoms with Crippen molar-refractivity contribution in [2.45, 2.75) is 44.7 Å². The minimum absolute atomic E-state index is 0.173. The highest BCUT2D eigenvalue weighted by Crippen LogP contribution is 2.31. The molecule has 0 spiro atoms. The van der Waals surface area contributed by atoms with Crippen LogP contribution >= 0.6 is 0 Å². The standard InChI is InChI=1S/C22H27FN2O/c1-3-16-7-9-21(23)20(13-16)17-5-4-6-18(14-17)22-10-8-19(24-22)11-12-25(2)15-26/h4-7,9,13-15,19,22,24H,3,8,10-12H2,1-2H3. The predicted molar refractivity (Wildman–Crippen MR) is 103 cm³/mol. The zero-order chi connectivity index (χ0) is 18.5. The molecule has 0 bridgehead atoms. The number of halogens is 1. The molecule has 138 valence electrons. The summed E-state index contributed by atoms with van der Waals surface area (Å²) in [5, 5.41) is 3.67. The summed E-state index contributed by atoms with van der Waals surface area (Å²) in [6.45, 7) is 2.85. The summed E-state index contributed by atoms with van der Waals surface area (Å²) in [6.07, 6.45) is 4.89. The van der Waals surface area contributed by atoms with E-state index in [4.69, 9.17) is 0 Å². The van der Waals surface area contributed by atoms with E-state index in [1.54, 1.807) is 11.0 Å². The van der Waals surface area contributed by atoms with Crippen LogP contribution in [0.4, 0.5) is 4.39 Å². The lowest BCUT2D eigenvalue weighted by Gasteiger charge is -2.18. The molecule has 0 aromatic heterocycles. The van der Waals surface area contributed by atoms with Crippen molar-refractivity contribution in [1.29, 1.82) is 0 Å². The Labute approximate surface area is 155 Å².